The van der Waals surface area contributed by atoms with Crippen molar-refractivity contribution < 1.29 is 0 Å². The van der Waals surface area contributed by atoms with Crippen LogP contribution in [0.15, 0.2) is 30.3 Å². The lowest BCUT2D eigenvalue weighted by molar-refractivity contribution is 0.133. The maximum Gasteiger partial charge on any atom is 0.0472 e. The van der Waals surface area contributed by atoms with Crippen LogP contribution in [0, 0.1) is 0 Å². The van der Waals surface area contributed by atoms with Gasteiger partial charge in [0, 0.05) is 24.7 Å². The highest BCUT2D eigenvalue weighted by Gasteiger charge is 2.25. The van der Waals surface area contributed by atoms with Crippen molar-refractivity contribution in [3.05, 3.63) is 35.9 Å². The van der Waals surface area contributed by atoms with Gasteiger partial charge in [-0.1, -0.05) is 63.4 Å². The third-order valence-electron chi connectivity index (χ3n) is 4.55. The largest absolute Gasteiger partial charge is 0.313 e. The van der Waals surface area contributed by atoms with Crippen molar-refractivity contribution in [3.8, 4) is 0 Å². The highest BCUT2D eigenvalue weighted by atomic mass is 15.2. The van der Waals surface area contributed by atoms with Gasteiger partial charge in [-0.2, -0.15) is 0 Å². The van der Waals surface area contributed by atoms with E-state index in [0.717, 1.165) is 12.6 Å². The Morgan fingerprint density at radius 1 is 1.10 bits per heavy atom. The van der Waals surface area contributed by atoms with Crippen LogP contribution in [0.2, 0.25) is 0 Å². The van der Waals surface area contributed by atoms with E-state index in [1.807, 2.05) is 0 Å². The van der Waals surface area contributed by atoms with Crippen LogP contribution >= 0.6 is 0 Å². The standard InChI is InChI=1S/C18H30N2/c1-15(2)19-14-18(16-10-6-4-7-11-16)20(3)17-12-8-5-9-13-17/h4,6-7,10-11,15,17-19H,5,8-9,12-14H2,1-3H3. The summed E-state index contributed by atoms with van der Waals surface area (Å²) in [5.41, 5.74) is 1.44. The Balaban J connectivity index is 2.08. The van der Waals surface area contributed by atoms with E-state index in [-0.39, 0.29) is 0 Å². The summed E-state index contributed by atoms with van der Waals surface area (Å²) >= 11 is 0. The zero-order valence-electron chi connectivity index (χ0n) is 13.3. The number of hydrogen-bond donors (Lipinski definition) is 1. The Hall–Kier alpha value is -0.860. The second-order valence-electron chi connectivity index (χ2n) is 6.45. The highest BCUT2D eigenvalue weighted by molar-refractivity contribution is 5.19. The van der Waals surface area contributed by atoms with Gasteiger partial charge in [-0.05, 0) is 25.5 Å². The minimum atomic E-state index is 0.488. The van der Waals surface area contributed by atoms with Crippen LogP contribution in [0.4, 0.5) is 0 Å². The first-order valence-electron chi connectivity index (χ1n) is 8.18. The van der Waals surface area contributed by atoms with Gasteiger partial charge in [0.1, 0.15) is 0 Å². The van der Waals surface area contributed by atoms with Crippen molar-refractivity contribution in [1.82, 2.24) is 10.2 Å². The van der Waals surface area contributed by atoms with Crippen LogP contribution in [0.3, 0.4) is 0 Å². The molecule has 0 saturated heterocycles. The van der Waals surface area contributed by atoms with Gasteiger partial charge in [-0.25, -0.2) is 0 Å². The molecule has 1 aliphatic rings. The number of rotatable bonds is 6. The molecule has 0 bridgehead atoms. The van der Waals surface area contributed by atoms with Gasteiger partial charge < -0.3 is 5.32 Å². The highest BCUT2D eigenvalue weighted by Crippen LogP contribution is 2.28. The second kappa shape index (κ2) is 7.80. The zero-order valence-corrected chi connectivity index (χ0v) is 13.3. The molecule has 2 heteroatoms. The molecule has 0 aromatic heterocycles. The molecule has 0 amide bonds. The van der Waals surface area contributed by atoms with Gasteiger partial charge in [-0.15, -0.1) is 0 Å². The molecule has 0 aliphatic heterocycles. The molecule has 2 rings (SSSR count). The first kappa shape index (κ1) is 15.5. The smallest absolute Gasteiger partial charge is 0.0472 e. The Morgan fingerprint density at radius 3 is 2.35 bits per heavy atom. The average molecular weight is 274 g/mol. The van der Waals surface area contributed by atoms with Crippen LogP contribution in [-0.4, -0.2) is 30.6 Å². The van der Waals surface area contributed by atoms with Gasteiger partial charge in [0.15, 0.2) is 0 Å². The van der Waals surface area contributed by atoms with E-state index in [9.17, 15) is 0 Å². The summed E-state index contributed by atoms with van der Waals surface area (Å²) in [4.78, 5) is 2.61. The van der Waals surface area contributed by atoms with Gasteiger partial charge in [0.25, 0.3) is 0 Å². The number of benzene rings is 1. The number of nitrogens with one attached hydrogen (secondary N) is 1. The minimum Gasteiger partial charge on any atom is -0.313 e. The molecule has 1 unspecified atom stereocenters. The molecule has 1 atom stereocenters. The molecule has 1 aliphatic carbocycles. The van der Waals surface area contributed by atoms with Crippen molar-refractivity contribution in [2.45, 2.75) is 64.1 Å². The molecule has 0 radical (unpaired) electrons. The Kier molecular flexibility index (Phi) is 6.06. The summed E-state index contributed by atoms with van der Waals surface area (Å²) in [7, 11) is 2.32. The molecule has 112 valence electrons. The number of likely N-dealkylation sites (N-methyl/N-ethyl adjacent to an activating group) is 1. The molecule has 0 heterocycles. The number of nitrogens with zero attached hydrogens (tertiary/aromatic N) is 1. The summed E-state index contributed by atoms with van der Waals surface area (Å²) in [5, 5.41) is 3.62. The molecule has 1 aromatic rings. The Morgan fingerprint density at radius 2 is 1.75 bits per heavy atom. The lowest BCUT2D eigenvalue weighted by atomic mass is 9.92. The van der Waals surface area contributed by atoms with Crippen molar-refractivity contribution in [1.29, 1.82) is 0 Å². The summed E-state index contributed by atoms with van der Waals surface area (Å²) in [6.07, 6.45) is 6.94. The minimum absolute atomic E-state index is 0.488. The van der Waals surface area contributed by atoms with Gasteiger partial charge in [0.2, 0.25) is 0 Å². The second-order valence-corrected chi connectivity index (χ2v) is 6.45. The van der Waals surface area contributed by atoms with Crippen molar-refractivity contribution >= 4 is 0 Å². The van der Waals surface area contributed by atoms with E-state index < -0.39 is 0 Å². The quantitative estimate of drug-likeness (QED) is 0.844. The molecule has 1 N–H and O–H groups in total. The average Bonchev–Trinajstić information content (AvgIpc) is 2.49. The molecule has 0 spiro atoms. The van der Waals surface area contributed by atoms with E-state index in [2.05, 4.69) is 61.4 Å². The first-order valence-corrected chi connectivity index (χ1v) is 8.18. The van der Waals surface area contributed by atoms with Crippen molar-refractivity contribution in [2.24, 2.45) is 0 Å². The van der Waals surface area contributed by atoms with Crippen LogP contribution in [-0.2, 0) is 0 Å². The third kappa shape index (κ3) is 4.32. The molecule has 1 aromatic carbocycles. The van der Waals surface area contributed by atoms with Crippen LogP contribution in [0.25, 0.3) is 0 Å². The van der Waals surface area contributed by atoms with Crippen molar-refractivity contribution in [3.63, 3.8) is 0 Å². The fraction of sp³-hybridized carbons (Fsp3) is 0.667. The summed E-state index contributed by atoms with van der Waals surface area (Å²) in [6.45, 7) is 5.49. The van der Waals surface area contributed by atoms with E-state index in [1.165, 1.54) is 37.7 Å². The van der Waals surface area contributed by atoms with Gasteiger partial charge in [-0.3, -0.25) is 4.90 Å². The van der Waals surface area contributed by atoms with Crippen molar-refractivity contribution in [2.75, 3.05) is 13.6 Å². The predicted octanol–water partition coefficient (Wildman–Crippen LogP) is 3.99. The molecular formula is C18H30N2. The summed E-state index contributed by atoms with van der Waals surface area (Å²) in [6, 6.07) is 12.7. The Bertz CT molecular complexity index is 368. The molecule has 20 heavy (non-hydrogen) atoms. The topological polar surface area (TPSA) is 15.3 Å². The monoisotopic (exact) mass is 274 g/mol. The lowest BCUT2D eigenvalue weighted by Gasteiger charge is -2.38. The van der Waals surface area contributed by atoms with Crippen LogP contribution in [0.5, 0.6) is 0 Å². The fourth-order valence-electron chi connectivity index (χ4n) is 3.26. The predicted molar refractivity (Wildman–Crippen MR) is 87.0 cm³/mol. The summed E-state index contributed by atoms with van der Waals surface area (Å²) < 4.78 is 0. The van der Waals surface area contributed by atoms with Gasteiger partial charge >= 0.3 is 0 Å². The van der Waals surface area contributed by atoms with Crippen LogP contribution < -0.4 is 5.32 Å². The molecule has 1 saturated carbocycles. The molecule has 2 nitrogen and oxygen atoms in total. The third-order valence-corrected chi connectivity index (χ3v) is 4.55. The normalized spacial score (nSPS) is 18.6. The van der Waals surface area contributed by atoms with Gasteiger partial charge in [0.05, 0.1) is 0 Å². The fourth-order valence-corrected chi connectivity index (χ4v) is 3.26. The van der Waals surface area contributed by atoms with E-state index in [4.69, 9.17) is 0 Å². The molecular weight excluding hydrogens is 244 g/mol. The first-order chi connectivity index (χ1) is 9.68. The van der Waals surface area contributed by atoms with E-state index in [0.29, 0.717) is 12.1 Å². The zero-order chi connectivity index (χ0) is 14.4. The maximum atomic E-state index is 3.62. The van der Waals surface area contributed by atoms with Crippen LogP contribution in [0.1, 0.15) is 57.6 Å². The summed E-state index contributed by atoms with van der Waals surface area (Å²) in [5.74, 6) is 0. The van der Waals surface area contributed by atoms with E-state index >= 15 is 0 Å². The lowest BCUT2D eigenvalue weighted by Crippen LogP contribution is -2.42. The molecule has 1 fully saturated rings. The Labute approximate surface area is 124 Å². The maximum absolute atomic E-state index is 3.62. The SMILES string of the molecule is CC(C)NCC(c1ccccc1)N(C)C1CCCCC1. The van der Waals surface area contributed by atoms with E-state index in [1.54, 1.807) is 0 Å². The number of hydrogen-bond acceptors (Lipinski definition) is 2.